The Hall–Kier alpha value is -1.46. The predicted molar refractivity (Wildman–Crippen MR) is 68.5 cm³/mol. The fraction of sp³-hybridized carbons (Fsp3) is 0.833. The minimum absolute atomic E-state index is 0.0595. The topological polar surface area (TPSA) is 61.9 Å². The maximum atomic E-state index is 11.8. The summed E-state index contributed by atoms with van der Waals surface area (Å²) in [5.74, 6) is 0. The van der Waals surface area contributed by atoms with E-state index in [0.29, 0.717) is 32.8 Å². The highest BCUT2D eigenvalue weighted by molar-refractivity contribution is 5.74. The summed E-state index contributed by atoms with van der Waals surface area (Å²) in [4.78, 5) is 26.8. The first-order valence-electron chi connectivity index (χ1n) is 6.51. The molecule has 1 N–H and O–H groups in total. The Morgan fingerprint density at radius 3 is 2.39 bits per heavy atom. The molecule has 1 fully saturated rings. The van der Waals surface area contributed by atoms with E-state index >= 15 is 0 Å². The number of ether oxygens (including phenoxy) is 1. The van der Waals surface area contributed by atoms with Crippen LogP contribution in [-0.2, 0) is 4.74 Å². The third kappa shape index (κ3) is 4.43. The maximum absolute atomic E-state index is 11.8. The molecule has 0 spiro atoms. The number of amides is 3. The Labute approximate surface area is 108 Å². The molecular formula is C12H23N3O3. The van der Waals surface area contributed by atoms with Crippen LogP contribution in [0.2, 0.25) is 0 Å². The van der Waals surface area contributed by atoms with Crippen molar-refractivity contribution >= 4 is 12.1 Å². The molecule has 0 bridgehead atoms. The fourth-order valence-corrected chi connectivity index (χ4v) is 1.86. The van der Waals surface area contributed by atoms with E-state index in [2.05, 4.69) is 5.32 Å². The lowest BCUT2D eigenvalue weighted by Crippen LogP contribution is -2.44. The van der Waals surface area contributed by atoms with Crippen LogP contribution < -0.4 is 5.32 Å². The van der Waals surface area contributed by atoms with Crippen molar-refractivity contribution in [3.8, 4) is 0 Å². The minimum atomic E-state index is -0.288. The average molecular weight is 257 g/mol. The van der Waals surface area contributed by atoms with Crippen molar-refractivity contribution in [3.05, 3.63) is 0 Å². The van der Waals surface area contributed by atoms with Gasteiger partial charge in [0, 0.05) is 32.2 Å². The summed E-state index contributed by atoms with van der Waals surface area (Å²) < 4.78 is 4.97. The van der Waals surface area contributed by atoms with E-state index in [-0.39, 0.29) is 18.2 Å². The molecule has 18 heavy (non-hydrogen) atoms. The van der Waals surface area contributed by atoms with E-state index in [1.165, 1.54) is 0 Å². The van der Waals surface area contributed by atoms with Gasteiger partial charge in [0.15, 0.2) is 0 Å². The van der Waals surface area contributed by atoms with Crippen molar-refractivity contribution in [1.82, 2.24) is 15.1 Å². The van der Waals surface area contributed by atoms with Crippen molar-refractivity contribution in [3.63, 3.8) is 0 Å². The van der Waals surface area contributed by atoms with Gasteiger partial charge in [0.05, 0.1) is 6.61 Å². The SMILES string of the molecule is CCOC(=O)N1CCCN(C(=O)NC(C)C)CC1. The summed E-state index contributed by atoms with van der Waals surface area (Å²) in [6.07, 6.45) is 0.494. The van der Waals surface area contributed by atoms with Gasteiger partial charge in [0.1, 0.15) is 0 Å². The zero-order valence-electron chi connectivity index (χ0n) is 11.4. The lowest BCUT2D eigenvalue weighted by molar-refractivity contribution is 0.108. The summed E-state index contributed by atoms with van der Waals surface area (Å²) in [6, 6.07) is 0.0672. The molecule has 1 heterocycles. The summed E-state index contributed by atoms with van der Waals surface area (Å²) >= 11 is 0. The summed E-state index contributed by atoms with van der Waals surface area (Å²) in [5, 5.41) is 2.86. The van der Waals surface area contributed by atoms with Crippen LogP contribution in [0.15, 0.2) is 0 Å². The molecule has 1 aliphatic rings. The van der Waals surface area contributed by atoms with E-state index in [1.54, 1.807) is 16.7 Å². The fourth-order valence-electron chi connectivity index (χ4n) is 1.86. The van der Waals surface area contributed by atoms with Crippen LogP contribution in [0.3, 0.4) is 0 Å². The van der Waals surface area contributed by atoms with E-state index in [1.807, 2.05) is 13.8 Å². The van der Waals surface area contributed by atoms with Crippen molar-refractivity contribution in [2.45, 2.75) is 33.2 Å². The second kappa shape index (κ2) is 7.08. The van der Waals surface area contributed by atoms with Crippen molar-refractivity contribution in [2.75, 3.05) is 32.8 Å². The van der Waals surface area contributed by atoms with Gasteiger partial charge in [-0.25, -0.2) is 9.59 Å². The van der Waals surface area contributed by atoms with Crippen LogP contribution in [0, 0.1) is 0 Å². The predicted octanol–water partition coefficient (Wildman–Crippen LogP) is 1.27. The van der Waals surface area contributed by atoms with Gasteiger partial charge in [-0.15, -0.1) is 0 Å². The Bertz CT molecular complexity index is 294. The first-order valence-corrected chi connectivity index (χ1v) is 6.51. The number of hydrogen-bond donors (Lipinski definition) is 1. The first-order chi connectivity index (χ1) is 8.54. The van der Waals surface area contributed by atoms with Crippen molar-refractivity contribution < 1.29 is 14.3 Å². The zero-order valence-corrected chi connectivity index (χ0v) is 11.4. The van der Waals surface area contributed by atoms with Gasteiger partial charge >= 0.3 is 12.1 Å². The normalized spacial score (nSPS) is 16.4. The largest absolute Gasteiger partial charge is 0.450 e. The molecule has 6 nitrogen and oxygen atoms in total. The Balaban J connectivity index is 2.45. The second-order valence-electron chi connectivity index (χ2n) is 4.63. The van der Waals surface area contributed by atoms with Crippen LogP contribution in [0.1, 0.15) is 27.2 Å². The molecule has 0 aromatic rings. The number of carbonyl (C=O) groups excluding carboxylic acids is 2. The molecule has 104 valence electrons. The van der Waals surface area contributed by atoms with Gasteiger partial charge in [0.25, 0.3) is 0 Å². The number of nitrogens with zero attached hydrogens (tertiary/aromatic N) is 2. The molecule has 0 saturated carbocycles. The van der Waals surface area contributed by atoms with Crippen LogP contribution in [0.4, 0.5) is 9.59 Å². The molecule has 1 rings (SSSR count). The van der Waals surface area contributed by atoms with Crippen LogP contribution in [0.5, 0.6) is 0 Å². The van der Waals surface area contributed by atoms with Gasteiger partial charge in [-0.3, -0.25) is 0 Å². The van der Waals surface area contributed by atoms with E-state index in [0.717, 1.165) is 6.42 Å². The number of urea groups is 1. The molecule has 0 aromatic carbocycles. The Morgan fingerprint density at radius 2 is 1.78 bits per heavy atom. The molecule has 0 radical (unpaired) electrons. The minimum Gasteiger partial charge on any atom is -0.450 e. The molecule has 0 atom stereocenters. The van der Waals surface area contributed by atoms with E-state index in [9.17, 15) is 9.59 Å². The molecule has 3 amide bonds. The quantitative estimate of drug-likeness (QED) is 0.810. The number of hydrogen-bond acceptors (Lipinski definition) is 3. The zero-order chi connectivity index (χ0) is 13.5. The van der Waals surface area contributed by atoms with Crippen LogP contribution in [0.25, 0.3) is 0 Å². The van der Waals surface area contributed by atoms with Gasteiger partial charge in [-0.1, -0.05) is 0 Å². The van der Waals surface area contributed by atoms with E-state index < -0.39 is 0 Å². The smallest absolute Gasteiger partial charge is 0.409 e. The van der Waals surface area contributed by atoms with Gasteiger partial charge in [0.2, 0.25) is 0 Å². The van der Waals surface area contributed by atoms with Crippen LogP contribution >= 0.6 is 0 Å². The van der Waals surface area contributed by atoms with Crippen LogP contribution in [-0.4, -0.2) is 60.8 Å². The van der Waals surface area contributed by atoms with E-state index in [4.69, 9.17) is 4.74 Å². The summed E-state index contributed by atoms with van der Waals surface area (Å²) in [6.45, 7) is 8.44. The Morgan fingerprint density at radius 1 is 1.17 bits per heavy atom. The number of carbonyl (C=O) groups is 2. The van der Waals surface area contributed by atoms with Crippen molar-refractivity contribution in [1.29, 1.82) is 0 Å². The standard InChI is InChI=1S/C12H23N3O3/c1-4-18-12(17)15-7-5-6-14(8-9-15)11(16)13-10(2)3/h10H,4-9H2,1-3H3,(H,13,16). The molecule has 0 aliphatic carbocycles. The number of nitrogens with one attached hydrogen (secondary N) is 1. The lowest BCUT2D eigenvalue weighted by Gasteiger charge is -2.23. The Kier molecular flexibility index (Phi) is 5.74. The van der Waals surface area contributed by atoms with Gasteiger partial charge < -0.3 is 19.9 Å². The highest BCUT2D eigenvalue weighted by Crippen LogP contribution is 2.05. The maximum Gasteiger partial charge on any atom is 0.409 e. The molecule has 1 aliphatic heterocycles. The molecular weight excluding hydrogens is 234 g/mol. The molecule has 0 aromatic heterocycles. The third-order valence-corrected chi connectivity index (χ3v) is 2.72. The highest BCUT2D eigenvalue weighted by atomic mass is 16.6. The molecule has 6 heteroatoms. The van der Waals surface area contributed by atoms with Crippen molar-refractivity contribution in [2.24, 2.45) is 0 Å². The monoisotopic (exact) mass is 257 g/mol. The average Bonchev–Trinajstić information content (AvgIpc) is 2.53. The number of rotatable bonds is 2. The molecule has 0 unspecified atom stereocenters. The van der Waals surface area contributed by atoms with Gasteiger partial charge in [-0.2, -0.15) is 0 Å². The summed E-state index contributed by atoms with van der Waals surface area (Å²) in [7, 11) is 0. The lowest BCUT2D eigenvalue weighted by atomic mass is 10.4. The second-order valence-corrected chi connectivity index (χ2v) is 4.63. The first kappa shape index (κ1) is 14.6. The molecule has 1 saturated heterocycles. The van der Waals surface area contributed by atoms with Gasteiger partial charge in [-0.05, 0) is 27.2 Å². The highest BCUT2D eigenvalue weighted by Gasteiger charge is 2.22. The summed E-state index contributed by atoms with van der Waals surface area (Å²) in [5.41, 5.74) is 0. The third-order valence-electron chi connectivity index (χ3n) is 2.72.